The van der Waals surface area contributed by atoms with Crippen LogP contribution < -0.4 is 10.6 Å². The highest BCUT2D eigenvalue weighted by Crippen LogP contribution is 2.15. The highest BCUT2D eigenvalue weighted by Gasteiger charge is 2.18. The minimum Gasteiger partial charge on any atom is -0.357 e. The van der Waals surface area contributed by atoms with Crippen LogP contribution in [0.3, 0.4) is 0 Å². The summed E-state index contributed by atoms with van der Waals surface area (Å²) in [6.07, 6.45) is 3.58. The summed E-state index contributed by atoms with van der Waals surface area (Å²) in [5, 5.41) is 9.27. The summed E-state index contributed by atoms with van der Waals surface area (Å²) in [5.74, 6) is 1.14. The Morgan fingerprint density at radius 1 is 1.14 bits per heavy atom. The van der Waals surface area contributed by atoms with Gasteiger partial charge in [-0.3, -0.25) is 9.79 Å². The molecule has 6 heteroatoms. The van der Waals surface area contributed by atoms with E-state index in [1.54, 1.807) is 0 Å². The molecule has 2 N–H and O–H groups in total. The van der Waals surface area contributed by atoms with Crippen LogP contribution in [0.4, 0.5) is 0 Å². The lowest BCUT2D eigenvalue weighted by Crippen LogP contribution is -2.38. The van der Waals surface area contributed by atoms with Crippen molar-refractivity contribution < 1.29 is 4.79 Å². The summed E-state index contributed by atoms with van der Waals surface area (Å²) >= 11 is 0. The lowest BCUT2D eigenvalue weighted by molar-refractivity contribution is -0.127. The van der Waals surface area contributed by atoms with Crippen LogP contribution in [-0.2, 0) is 11.2 Å². The van der Waals surface area contributed by atoms with E-state index < -0.39 is 0 Å². The predicted octanol–water partition coefficient (Wildman–Crippen LogP) is 3.57. The molecule has 1 fully saturated rings. The van der Waals surface area contributed by atoms with Crippen LogP contribution in [0.5, 0.6) is 0 Å². The first kappa shape index (κ1) is 22.5. The van der Waals surface area contributed by atoms with Crippen molar-refractivity contribution in [2.45, 2.75) is 32.6 Å². The van der Waals surface area contributed by atoms with Crippen LogP contribution in [0.1, 0.15) is 31.7 Å². The Bertz CT molecular complexity index is 793. The molecule has 1 aliphatic rings. The average Bonchev–Trinajstić information content (AvgIpc) is 3.10. The molecule has 0 bridgehead atoms. The molecule has 152 valence electrons. The van der Waals surface area contributed by atoms with Crippen molar-refractivity contribution in [2.24, 2.45) is 4.99 Å². The van der Waals surface area contributed by atoms with Crippen molar-refractivity contribution in [1.82, 2.24) is 15.5 Å². The summed E-state index contributed by atoms with van der Waals surface area (Å²) in [7, 11) is 0. The molecule has 28 heavy (non-hydrogen) atoms. The summed E-state index contributed by atoms with van der Waals surface area (Å²) < 4.78 is 0. The minimum atomic E-state index is 0. The fourth-order valence-corrected chi connectivity index (χ4v) is 3.45. The molecule has 2 aromatic carbocycles. The van der Waals surface area contributed by atoms with Crippen molar-refractivity contribution in [3.05, 3.63) is 48.0 Å². The van der Waals surface area contributed by atoms with Gasteiger partial charge in [-0.05, 0) is 42.5 Å². The monoisotopic (exact) mass is 494 g/mol. The van der Waals surface area contributed by atoms with Crippen LogP contribution in [-0.4, -0.2) is 49.5 Å². The highest BCUT2D eigenvalue weighted by atomic mass is 127. The number of likely N-dealkylation sites (tertiary alicyclic amines) is 1. The number of carbonyl (C=O) groups excluding carboxylic acids is 1. The van der Waals surface area contributed by atoms with Crippen LogP contribution in [0.2, 0.25) is 0 Å². The van der Waals surface area contributed by atoms with Crippen molar-refractivity contribution in [2.75, 3.05) is 32.7 Å². The Balaban J connectivity index is 0.00000280. The fraction of sp³-hybridized carbons (Fsp3) is 0.455. The normalized spacial score (nSPS) is 14.2. The van der Waals surface area contributed by atoms with Gasteiger partial charge in [-0.25, -0.2) is 0 Å². The van der Waals surface area contributed by atoms with Crippen molar-refractivity contribution >= 4 is 46.6 Å². The number of guanidine groups is 1. The Labute approximate surface area is 185 Å². The number of hydrogen-bond donors (Lipinski definition) is 2. The molecule has 5 nitrogen and oxygen atoms in total. The summed E-state index contributed by atoms with van der Waals surface area (Å²) in [6.45, 7) is 6.21. The van der Waals surface area contributed by atoms with Crippen molar-refractivity contribution in [3.8, 4) is 0 Å². The molecule has 0 saturated carbocycles. The number of halogens is 1. The second-order valence-electron chi connectivity index (χ2n) is 6.96. The van der Waals surface area contributed by atoms with E-state index in [0.29, 0.717) is 12.3 Å². The third-order valence-corrected chi connectivity index (χ3v) is 4.89. The first-order chi connectivity index (χ1) is 13.3. The third kappa shape index (κ3) is 6.65. The maximum atomic E-state index is 11.6. The van der Waals surface area contributed by atoms with Gasteiger partial charge in [-0.1, -0.05) is 42.5 Å². The van der Waals surface area contributed by atoms with Crippen LogP contribution in [0.25, 0.3) is 10.8 Å². The van der Waals surface area contributed by atoms with E-state index in [2.05, 4.69) is 65.0 Å². The quantitative estimate of drug-likeness (QED) is 0.256. The number of amides is 1. The molecule has 1 heterocycles. The van der Waals surface area contributed by atoms with Gasteiger partial charge in [0.1, 0.15) is 0 Å². The average molecular weight is 494 g/mol. The van der Waals surface area contributed by atoms with E-state index in [0.717, 1.165) is 57.9 Å². The Hall–Kier alpha value is -1.83. The molecular weight excluding hydrogens is 463 g/mol. The molecule has 1 amide bonds. The van der Waals surface area contributed by atoms with Crippen LogP contribution >= 0.6 is 24.0 Å². The number of hydrogen-bond acceptors (Lipinski definition) is 2. The zero-order valence-electron chi connectivity index (χ0n) is 16.6. The van der Waals surface area contributed by atoms with Crippen molar-refractivity contribution in [1.29, 1.82) is 0 Å². The standard InChI is InChI=1S/C22H30N4O.HI/c1-2-23-22(24-13-6-16-26-15-5-9-21(26)27)25-14-12-18-10-11-19-7-3-4-8-20(19)17-18;/h3-4,7-8,10-11,17H,2,5-6,9,12-16H2,1H3,(H2,23,24,25);1H. The smallest absolute Gasteiger partial charge is 0.222 e. The van der Waals surface area contributed by atoms with Gasteiger partial charge in [-0.15, -0.1) is 24.0 Å². The SMILES string of the molecule is CCNC(=NCCCN1CCCC1=O)NCCc1ccc2ccccc2c1.I. The number of nitrogens with zero attached hydrogens (tertiary/aromatic N) is 2. The Morgan fingerprint density at radius 2 is 1.96 bits per heavy atom. The van der Waals surface area contributed by atoms with Gasteiger partial charge in [0.15, 0.2) is 5.96 Å². The number of carbonyl (C=O) groups is 1. The Morgan fingerprint density at radius 3 is 2.71 bits per heavy atom. The maximum Gasteiger partial charge on any atom is 0.222 e. The van der Waals surface area contributed by atoms with Crippen molar-refractivity contribution in [3.63, 3.8) is 0 Å². The molecule has 3 rings (SSSR count). The number of nitrogens with one attached hydrogen (secondary N) is 2. The van der Waals surface area contributed by atoms with E-state index in [9.17, 15) is 4.79 Å². The second kappa shape index (κ2) is 11.9. The van der Waals surface area contributed by atoms with Crippen LogP contribution in [0.15, 0.2) is 47.5 Å². The predicted molar refractivity (Wildman–Crippen MR) is 127 cm³/mol. The first-order valence-corrected chi connectivity index (χ1v) is 10.0. The second-order valence-corrected chi connectivity index (χ2v) is 6.96. The Kier molecular flexibility index (Phi) is 9.54. The largest absolute Gasteiger partial charge is 0.357 e. The summed E-state index contributed by atoms with van der Waals surface area (Å²) in [4.78, 5) is 18.2. The third-order valence-electron chi connectivity index (χ3n) is 4.89. The molecule has 0 atom stereocenters. The molecular formula is C22H31IN4O. The molecule has 2 aromatic rings. The van der Waals surface area contributed by atoms with Crippen LogP contribution in [0, 0.1) is 0 Å². The molecule has 1 saturated heterocycles. The topological polar surface area (TPSA) is 56.7 Å². The lowest BCUT2D eigenvalue weighted by Gasteiger charge is -2.15. The van der Waals surface area contributed by atoms with Gasteiger partial charge in [0.05, 0.1) is 0 Å². The highest BCUT2D eigenvalue weighted by molar-refractivity contribution is 14.0. The van der Waals surface area contributed by atoms with Gasteiger partial charge in [0.25, 0.3) is 0 Å². The van der Waals surface area contributed by atoms with Gasteiger partial charge in [0.2, 0.25) is 5.91 Å². The van der Waals surface area contributed by atoms with Gasteiger partial charge in [0, 0.05) is 39.1 Å². The summed E-state index contributed by atoms with van der Waals surface area (Å²) in [6, 6.07) is 15.1. The molecule has 0 aromatic heterocycles. The number of fused-ring (bicyclic) bond motifs is 1. The van der Waals surface area contributed by atoms with E-state index >= 15 is 0 Å². The molecule has 0 radical (unpaired) electrons. The first-order valence-electron chi connectivity index (χ1n) is 10.0. The zero-order chi connectivity index (χ0) is 18.9. The zero-order valence-corrected chi connectivity index (χ0v) is 18.9. The molecule has 0 unspecified atom stereocenters. The molecule has 0 aliphatic carbocycles. The van der Waals surface area contributed by atoms with E-state index in [1.165, 1.54) is 16.3 Å². The number of aliphatic imine (C=N–C) groups is 1. The minimum absolute atomic E-state index is 0. The lowest BCUT2D eigenvalue weighted by atomic mass is 10.1. The van der Waals surface area contributed by atoms with Gasteiger partial charge >= 0.3 is 0 Å². The van der Waals surface area contributed by atoms with E-state index in [4.69, 9.17) is 0 Å². The number of benzene rings is 2. The maximum absolute atomic E-state index is 11.6. The van der Waals surface area contributed by atoms with Gasteiger partial charge < -0.3 is 15.5 Å². The van der Waals surface area contributed by atoms with E-state index in [-0.39, 0.29) is 24.0 Å². The van der Waals surface area contributed by atoms with E-state index in [1.807, 2.05) is 4.90 Å². The number of rotatable bonds is 8. The molecule has 0 spiro atoms. The fourth-order valence-electron chi connectivity index (χ4n) is 3.45. The van der Waals surface area contributed by atoms with Gasteiger partial charge in [-0.2, -0.15) is 0 Å². The summed E-state index contributed by atoms with van der Waals surface area (Å²) in [5.41, 5.74) is 1.32. The molecule has 1 aliphatic heterocycles.